The number of hydrogen-bond acceptors (Lipinski definition) is 9. The molecule has 8 rings (SSSR count). The number of benzene rings is 2. The number of aromatic nitrogens is 2. The third kappa shape index (κ3) is 7.16. The van der Waals surface area contributed by atoms with Gasteiger partial charge in [0.1, 0.15) is 11.7 Å². The third-order valence-corrected chi connectivity index (χ3v) is 12.6. The number of nitrogens with zero attached hydrogens (tertiary/aromatic N) is 3. The largest absolute Gasteiger partial charge is 0.481 e. The van der Waals surface area contributed by atoms with E-state index in [0.717, 1.165) is 40.3 Å². The van der Waals surface area contributed by atoms with Gasteiger partial charge in [-0.15, -0.1) is 0 Å². The highest BCUT2D eigenvalue weighted by molar-refractivity contribution is 6.36. The smallest absolute Gasteiger partial charge is 0.421 e. The van der Waals surface area contributed by atoms with Crippen LogP contribution in [0.3, 0.4) is 0 Å². The molecule has 300 valence electrons. The van der Waals surface area contributed by atoms with E-state index in [2.05, 4.69) is 15.6 Å². The quantitative estimate of drug-likeness (QED) is 0.129. The number of halogens is 4. The Balaban J connectivity index is 1.03. The number of fused-ring (bicyclic) bond motifs is 2. The Bertz CT molecular complexity index is 2240. The zero-order chi connectivity index (χ0) is 40.2. The van der Waals surface area contributed by atoms with Crippen LogP contribution in [0.25, 0.3) is 22.4 Å². The number of piperidine rings is 1. The lowest BCUT2D eigenvalue weighted by molar-refractivity contribution is -0.144. The predicted octanol–water partition coefficient (Wildman–Crippen LogP) is 7.09. The molecule has 0 bridgehead atoms. The Morgan fingerprint density at radius 1 is 1.00 bits per heavy atom. The van der Waals surface area contributed by atoms with Gasteiger partial charge in [-0.2, -0.15) is 18.2 Å². The van der Waals surface area contributed by atoms with E-state index in [1.165, 1.54) is 7.11 Å². The number of carbonyl (C=O) groups excluding carboxylic acids is 1. The lowest BCUT2D eigenvalue weighted by Crippen LogP contribution is -2.35. The van der Waals surface area contributed by atoms with Crippen LogP contribution in [-0.2, 0) is 35.3 Å². The molecule has 0 spiro atoms. The number of nitrogens with one attached hydrogen (secondary N) is 2. The molecule has 1 amide bonds. The number of methoxy groups -OCH3 is 2. The Morgan fingerprint density at radius 2 is 1.74 bits per heavy atom. The lowest BCUT2D eigenvalue weighted by Gasteiger charge is -2.24. The average molecular weight is 806 g/mol. The summed E-state index contributed by atoms with van der Waals surface area (Å²) in [5.74, 6) is -0.948. The molecule has 11 nitrogen and oxygen atoms in total. The van der Waals surface area contributed by atoms with Gasteiger partial charge in [-0.3, -0.25) is 14.5 Å². The summed E-state index contributed by atoms with van der Waals surface area (Å²) in [5.41, 5.74) is 3.73. The van der Waals surface area contributed by atoms with Crippen LogP contribution in [0.5, 0.6) is 17.6 Å². The van der Waals surface area contributed by atoms with Crippen molar-refractivity contribution in [3.63, 3.8) is 0 Å². The Labute approximate surface area is 332 Å². The molecule has 4 heterocycles. The number of hydrogen-bond donors (Lipinski definition) is 3. The first-order valence-corrected chi connectivity index (χ1v) is 19.4. The molecule has 3 fully saturated rings. The van der Waals surface area contributed by atoms with Crippen LogP contribution in [0.1, 0.15) is 60.1 Å². The fraction of sp³-hybridized carbons (Fsp3) is 0.429. The van der Waals surface area contributed by atoms with E-state index in [9.17, 15) is 27.9 Å². The van der Waals surface area contributed by atoms with E-state index in [1.807, 2.05) is 60.4 Å². The summed E-state index contributed by atoms with van der Waals surface area (Å²) in [6, 6.07) is 16.2. The van der Waals surface area contributed by atoms with Crippen molar-refractivity contribution in [1.82, 2.24) is 25.5 Å². The molecular formula is C42H43ClF3N5O6. The molecule has 2 aromatic heterocycles. The van der Waals surface area contributed by atoms with Crippen LogP contribution in [0, 0.1) is 17.3 Å². The number of alkyl halides is 3. The SMILES string of the molecule is COc1nc(-c2cccc(-c3cccc4c3CC[C@@H]4Oc3nc(OC)c(CN4CC5[C@H](C)[C@]5(C(=O)O)C4)cc3C(F)(F)F)c2Cl)ccc1CNC[C@@H]1CCC(=O)N1. The summed E-state index contributed by atoms with van der Waals surface area (Å²) < 4.78 is 61.2. The van der Waals surface area contributed by atoms with Gasteiger partial charge in [0, 0.05) is 67.4 Å². The molecule has 57 heavy (non-hydrogen) atoms. The minimum atomic E-state index is -4.77. The highest BCUT2D eigenvalue weighted by atomic mass is 35.5. The molecule has 2 saturated heterocycles. The summed E-state index contributed by atoms with van der Waals surface area (Å²) in [4.78, 5) is 34.5. The van der Waals surface area contributed by atoms with Gasteiger partial charge < -0.3 is 30.0 Å². The van der Waals surface area contributed by atoms with Crippen LogP contribution in [0.2, 0.25) is 5.02 Å². The number of aliphatic carboxylic acids is 1. The summed E-state index contributed by atoms with van der Waals surface area (Å²) in [5, 5.41) is 16.6. The van der Waals surface area contributed by atoms with E-state index in [0.29, 0.717) is 61.1 Å². The van der Waals surface area contributed by atoms with Gasteiger partial charge >= 0.3 is 12.1 Å². The molecule has 0 radical (unpaired) electrons. The average Bonchev–Trinajstić information content (AvgIpc) is 3.65. The van der Waals surface area contributed by atoms with E-state index < -0.39 is 35.1 Å². The Morgan fingerprint density at radius 3 is 2.44 bits per heavy atom. The molecule has 2 aliphatic carbocycles. The second kappa shape index (κ2) is 15.1. The second-order valence-corrected chi connectivity index (χ2v) is 15.8. The maximum Gasteiger partial charge on any atom is 0.421 e. The number of ether oxygens (including phenoxy) is 3. The summed E-state index contributed by atoms with van der Waals surface area (Å²) in [6.07, 6.45) is -3.21. The van der Waals surface area contributed by atoms with E-state index in [4.69, 9.17) is 30.8 Å². The van der Waals surface area contributed by atoms with Crippen molar-refractivity contribution in [2.24, 2.45) is 17.3 Å². The number of carbonyl (C=O) groups is 2. The van der Waals surface area contributed by atoms with Gasteiger partial charge in [0.2, 0.25) is 23.5 Å². The van der Waals surface area contributed by atoms with Crippen molar-refractivity contribution in [2.45, 2.75) is 64.0 Å². The molecule has 4 aliphatic rings. The highest BCUT2D eigenvalue weighted by Gasteiger charge is 2.71. The number of pyridine rings is 2. The fourth-order valence-electron chi connectivity index (χ4n) is 9.11. The molecule has 1 saturated carbocycles. The van der Waals surface area contributed by atoms with Gasteiger partial charge in [0.05, 0.1) is 30.4 Å². The van der Waals surface area contributed by atoms with E-state index in [-0.39, 0.29) is 48.3 Å². The Hall–Kier alpha value is -4.92. The minimum absolute atomic E-state index is 0.000154. The van der Waals surface area contributed by atoms with Crippen molar-refractivity contribution < 1.29 is 42.1 Å². The molecule has 5 atom stereocenters. The molecule has 2 aromatic carbocycles. The van der Waals surface area contributed by atoms with Crippen LogP contribution < -0.4 is 24.8 Å². The third-order valence-electron chi connectivity index (χ3n) is 12.2. The first kappa shape index (κ1) is 38.9. The van der Waals surface area contributed by atoms with Gasteiger partial charge in [-0.1, -0.05) is 61.0 Å². The lowest BCUT2D eigenvalue weighted by atomic mass is 9.94. The first-order chi connectivity index (χ1) is 27.3. The van der Waals surface area contributed by atoms with E-state index in [1.54, 1.807) is 7.11 Å². The maximum absolute atomic E-state index is 14.6. The monoisotopic (exact) mass is 805 g/mol. The van der Waals surface area contributed by atoms with Crippen molar-refractivity contribution in [2.75, 3.05) is 33.9 Å². The topological polar surface area (TPSA) is 135 Å². The fourth-order valence-corrected chi connectivity index (χ4v) is 9.44. The summed E-state index contributed by atoms with van der Waals surface area (Å²) >= 11 is 7.13. The molecule has 3 N–H and O–H groups in total. The zero-order valence-corrected chi connectivity index (χ0v) is 32.5. The number of carboxylic acids is 1. The van der Waals surface area contributed by atoms with Crippen molar-refractivity contribution >= 4 is 23.5 Å². The van der Waals surface area contributed by atoms with Crippen LogP contribution >= 0.6 is 11.6 Å². The van der Waals surface area contributed by atoms with Gasteiger partial charge in [-0.05, 0) is 59.9 Å². The van der Waals surface area contributed by atoms with Crippen molar-refractivity contribution in [3.05, 3.63) is 87.4 Å². The molecule has 1 unspecified atom stereocenters. The van der Waals surface area contributed by atoms with Crippen molar-refractivity contribution in [1.29, 1.82) is 0 Å². The van der Waals surface area contributed by atoms with Crippen molar-refractivity contribution in [3.8, 4) is 40.0 Å². The second-order valence-electron chi connectivity index (χ2n) is 15.4. The molecular weight excluding hydrogens is 763 g/mol. The number of likely N-dealkylation sites (tertiary alicyclic amines) is 1. The summed E-state index contributed by atoms with van der Waals surface area (Å²) in [7, 11) is 2.90. The van der Waals surface area contributed by atoms with Gasteiger partial charge in [0.25, 0.3) is 0 Å². The van der Waals surface area contributed by atoms with E-state index >= 15 is 0 Å². The molecule has 15 heteroatoms. The van der Waals surface area contributed by atoms with Crippen LogP contribution in [0.15, 0.2) is 54.6 Å². The maximum atomic E-state index is 14.6. The van der Waals surface area contributed by atoms with Crippen LogP contribution in [-0.4, -0.2) is 71.7 Å². The van der Waals surface area contributed by atoms with Gasteiger partial charge in [0.15, 0.2) is 0 Å². The highest BCUT2D eigenvalue weighted by Crippen LogP contribution is 2.63. The zero-order valence-electron chi connectivity index (χ0n) is 31.7. The number of carboxylic acid groups (broad SMARTS) is 1. The predicted molar refractivity (Wildman–Crippen MR) is 205 cm³/mol. The van der Waals surface area contributed by atoms with Gasteiger partial charge in [-0.25, -0.2) is 4.98 Å². The number of rotatable bonds is 13. The molecule has 2 aliphatic heterocycles. The first-order valence-electron chi connectivity index (χ1n) is 19.0. The van der Waals surface area contributed by atoms with Crippen LogP contribution in [0.4, 0.5) is 13.2 Å². The normalized spacial score (nSPS) is 23.9. The molecule has 4 aromatic rings. The standard InChI is InChI=1S/C42H43ClF3N5O6/c1-22-32-20-51(21-41(22,32)40(53)54)19-24-16-31(42(44,45)46)39(50-38(24)56-3)57-34-14-12-27-26(6-4-7-28(27)34)29-8-5-9-30(36(29)43)33-13-10-23(37(49-33)55-2)17-47-18-25-11-15-35(52)48-25/h4-10,13,16,22,25,32,34,47H,11-12,14-15,17-21H2,1-3H3,(H,48,52)(H,53,54)/t22-,25-,32?,34-,41+/m0/s1. The Kier molecular flexibility index (Phi) is 10.3. The minimum Gasteiger partial charge on any atom is -0.481 e. The number of amides is 1. The summed E-state index contributed by atoms with van der Waals surface area (Å²) in [6.45, 7) is 3.83.